The number of non-ortho nitro benzene ring substituents is 1. The summed E-state index contributed by atoms with van der Waals surface area (Å²) in [4.78, 5) is 30.7. The lowest BCUT2D eigenvalue weighted by molar-refractivity contribution is -0.384. The van der Waals surface area contributed by atoms with E-state index in [1.165, 1.54) is 18.3 Å². The molecule has 0 spiro atoms. The smallest absolute Gasteiger partial charge is 0.269 e. The third-order valence-electron chi connectivity index (χ3n) is 3.76. The first-order valence-corrected chi connectivity index (χ1v) is 8.03. The Morgan fingerprint density at radius 3 is 2.46 bits per heavy atom. The van der Waals surface area contributed by atoms with Crippen LogP contribution in [0.25, 0.3) is 11.3 Å². The van der Waals surface area contributed by atoms with Crippen LogP contribution in [0.1, 0.15) is 12.0 Å². The number of nitrogens with zero attached hydrogens (tertiary/aromatic N) is 3. The SMILES string of the molecule is O=C(CCc1ccccc1)Nc1nccc(-c2ccc([N+](=O)[O-])cc2)n1. The van der Waals surface area contributed by atoms with Crippen molar-refractivity contribution in [3.8, 4) is 11.3 Å². The number of rotatable bonds is 6. The number of carbonyl (C=O) groups is 1. The highest BCUT2D eigenvalue weighted by atomic mass is 16.6. The predicted octanol–water partition coefficient (Wildman–Crippen LogP) is 3.62. The first kappa shape index (κ1) is 17.2. The minimum atomic E-state index is -0.456. The third kappa shape index (κ3) is 4.47. The lowest BCUT2D eigenvalue weighted by Gasteiger charge is -2.06. The minimum Gasteiger partial charge on any atom is -0.295 e. The number of hydrogen-bond acceptors (Lipinski definition) is 5. The summed E-state index contributed by atoms with van der Waals surface area (Å²) >= 11 is 0. The van der Waals surface area contributed by atoms with E-state index in [0.29, 0.717) is 24.1 Å². The predicted molar refractivity (Wildman–Crippen MR) is 97.5 cm³/mol. The van der Waals surface area contributed by atoms with Gasteiger partial charge in [0.25, 0.3) is 5.69 Å². The fourth-order valence-corrected chi connectivity index (χ4v) is 2.42. The summed E-state index contributed by atoms with van der Waals surface area (Å²) in [5.41, 5.74) is 2.38. The Kier molecular flexibility index (Phi) is 5.28. The van der Waals surface area contributed by atoms with Crippen LogP contribution in [0.15, 0.2) is 66.9 Å². The topological polar surface area (TPSA) is 98.0 Å². The van der Waals surface area contributed by atoms with E-state index in [2.05, 4.69) is 15.3 Å². The fourth-order valence-electron chi connectivity index (χ4n) is 2.42. The lowest BCUT2D eigenvalue weighted by Crippen LogP contribution is -2.14. The molecule has 0 atom stereocenters. The van der Waals surface area contributed by atoms with Gasteiger partial charge in [0.15, 0.2) is 0 Å². The normalized spacial score (nSPS) is 10.3. The van der Waals surface area contributed by atoms with Gasteiger partial charge in [0.05, 0.1) is 10.6 Å². The maximum Gasteiger partial charge on any atom is 0.269 e. The molecule has 3 rings (SSSR count). The van der Waals surface area contributed by atoms with Crippen molar-refractivity contribution in [2.75, 3.05) is 5.32 Å². The molecule has 0 aliphatic carbocycles. The second kappa shape index (κ2) is 7.98. The summed E-state index contributed by atoms with van der Waals surface area (Å²) in [5, 5.41) is 13.4. The minimum absolute atomic E-state index is 0.0113. The largest absolute Gasteiger partial charge is 0.295 e. The highest BCUT2D eigenvalue weighted by Gasteiger charge is 2.09. The first-order valence-electron chi connectivity index (χ1n) is 8.03. The van der Waals surface area contributed by atoms with Crippen molar-refractivity contribution >= 4 is 17.5 Å². The van der Waals surface area contributed by atoms with Crippen LogP contribution in [-0.4, -0.2) is 20.8 Å². The molecule has 1 heterocycles. The number of nitro groups is 1. The Morgan fingerprint density at radius 2 is 1.77 bits per heavy atom. The Hall–Kier alpha value is -3.61. The van der Waals surface area contributed by atoms with Gasteiger partial charge in [-0.15, -0.1) is 0 Å². The van der Waals surface area contributed by atoms with Gasteiger partial charge in [0.2, 0.25) is 11.9 Å². The molecule has 7 heteroatoms. The van der Waals surface area contributed by atoms with Crippen LogP contribution in [0.3, 0.4) is 0 Å². The van der Waals surface area contributed by atoms with Crippen LogP contribution >= 0.6 is 0 Å². The number of carbonyl (C=O) groups excluding carboxylic acids is 1. The van der Waals surface area contributed by atoms with E-state index in [0.717, 1.165) is 5.56 Å². The summed E-state index contributed by atoms with van der Waals surface area (Å²) in [6.07, 6.45) is 2.50. The highest BCUT2D eigenvalue weighted by molar-refractivity contribution is 5.89. The van der Waals surface area contributed by atoms with E-state index in [1.54, 1.807) is 18.2 Å². The molecule has 130 valence electrons. The number of nitro benzene ring substituents is 1. The molecule has 2 aromatic carbocycles. The Labute approximate surface area is 149 Å². The van der Waals surface area contributed by atoms with Gasteiger partial charge in [-0.1, -0.05) is 30.3 Å². The second-order valence-electron chi connectivity index (χ2n) is 5.60. The monoisotopic (exact) mass is 348 g/mol. The number of aromatic nitrogens is 2. The molecule has 0 saturated carbocycles. The zero-order chi connectivity index (χ0) is 18.4. The van der Waals surface area contributed by atoms with Crippen molar-refractivity contribution in [3.63, 3.8) is 0 Å². The van der Waals surface area contributed by atoms with Gasteiger partial charge in [-0.3, -0.25) is 20.2 Å². The van der Waals surface area contributed by atoms with Crippen molar-refractivity contribution in [1.29, 1.82) is 0 Å². The standard InChI is InChI=1S/C19H16N4O3/c24-18(11-6-14-4-2-1-3-5-14)22-19-20-13-12-17(21-19)15-7-9-16(10-8-15)23(25)26/h1-5,7-10,12-13H,6,11H2,(H,20,21,22,24). The van der Waals surface area contributed by atoms with Crippen LogP contribution in [0.5, 0.6) is 0 Å². The van der Waals surface area contributed by atoms with E-state index in [4.69, 9.17) is 0 Å². The second-order valence-corrected chi connectivity index (χ2v) is 5.60. The van der Waals surface area contributed by atoms with Crippen LogP contribution < -0.4 is 5.32 Å². The molecule has 0 unspecified atom stereocenters. The van der Waals surface area contributed by atoms with E-state index in [-0.39, 0.29) is 17.5 Å². The van der Waals surface area contributed by atoms with Crippen molar-refractivity contribution in [3.05, 3.63) is 82.5 Å². The number of nitrogens with one attached hydrogen (secondary N) is 1. The van der Waals surface area contributed by atoms with Crippen molar-refractivity contribution in [2.24, 2.45) is 0 Å². The molecular weight excluding hydrogens is 332 g/mol. The number of anilines is 1. The van der Waals surface area contributed by atoms with E-state index in [1.807, 2.05) is 30.3 Å². The van der Waals surface area contributed by atoms with Gasteiger partial charge < -0.3 is 0 Å². The molecular formula is C19H16N4O3. The van der Waals surface area contributed by atoms with Gasteiger partial charge in [0.1, 0.15) is 0 Å². The maximum absolute atomic E-state index is 12.1. The fraction of sp³-hybridized carbons (Fsp3) is 0.105. The van der Waals surface area contributed by atoms with E-state index in [9.17, 15) is 14.9 Å². The zero-order valence-corrected chi connectivity index (χ0v) is 13.8. The van der Waals surface area contributed by atoms with Crippen molar-refractivity contribution in [1.82, 2.24) is 9.97 Å². The number of hydrogen-bond donors (Lipinski definition) is 1. The summed E-state index contributed by atoms with van der Waals surface area (Å²) in [6.45, 7) is 0. The number of aryl methyl sites for hydroxylation is 1. The van der Waals surface area contributed by atoms with Crippen molar-refractivity contribution in [2.45, 2.75) is 12.8 Å². The average molecular weight is 348 g/mol. The first-order chi connectivity index (χ1) is 12.6. The molecule has 1 amide bonds. The van der Waals surface area contributed by atoms with Crippen LogP contribution in [0, 0.1) is 10.1 Å². The van der Waals surface area contributed by atoms with Crippen molar-refractivity contribution < 1.29 is 9.72 Å². The van der Waals surface area contributed by atoms with E-state index >= 15 is 0 Å². The van der Waals surface area contributed by atoms with Gasteiger partial charge in [-0.2, -0.15) is 0 Å². The van der Waals surface area contributed by atoms with Crippen LogP contribution in [0.4, 0.5) is 11.6 Å². The quantitative estimate of drug-likeness (QED) is 0.542. The summed E-state index contributed by atoms with van der Waals surface area (Å²) in [6, 6.07) is 17.5. The van der Waals surface area contributed by atoms with Gasteiger partial charge in [-0.05, 0) is 30.2 Å². The van der Waals surface area contributed by atoms with Gasteiger partial charge in [0, 0.05) is 30.3 Å². The molecule has 0 aliphatic rings. The Morgan fingerprint density at radius 1 is 1.04 bits per heavy atom. The molecule has 0 saturated heterocycles. The molecule has 0 aliphatic heterocycles. The Bertz CT molecular complexity index is 912. The molecule has 7 nitrogen and oxygen atoms in total. The summed E-state index contributed by atoms with van der Waals surface area (Å²) in [7, 11) is 0. The molecule has 0 fully saturated rings. The molecule has 0 bridgehead atoms. The Balaban J connectivity index is 1.65. The average Bonchev–Trinajstić information content (AvgIpc) is 2.67. The molecule has 0 radical (unpaired) electrons. The molecule has 1 N–H and O–H groups in total. The summed E-state index contributed by atoms with van der Waals surface area (Å²) in [5.74, 6) is 0.0358. The number of amides is 1. The zero-order valence-electron chi connectivity index (χ0n) is 13.8. The van der Waals surface area contributed by atoms with Crippen LogP contribution in [0.2, 0.25) is 0 Å². The van der Waals surface area contributed by atoms with E-state index < -0.39 is 4.92 Å². The number of benzene rings is 2. The molecule has 3 aromatic rings. The highest BCUT2D eigenvalue weighted by Crippen LogP contribution is 2.21. The summed E-state index contributed by atoms with van der Waals surface area (Å²) < 4.78 is 0. The molecule has 1 aromatic heterocycles. The van der Waals surface area contributed by atoms with Gasteiger partial charge >= 0.3 is 0 Å². The molecule has 26 heavy (non-hydrogen) atoms. The third-order valence-corrected chi connectivity index (χ3v) is 3.76. The van der Waals surface area contributed by atoms with Crippen LogP contribution in [-0.2, 0) is 11.2 Å². The maximum atomic E-state index is 12.1. The van der Waals surface area contributed by atoms with Gasteiger partial charge in [-0.25, -0.2) is 9.97 Å². The lowest BCUT2D eigenvalue weighted by atomic mass is 10.1.